The number of nitrogens with one attached hydrogen (secondary N) is 1. The highest BCUT2D eigenvalue weighted by molar-refractivity contribution is 7.14. The summed E-state index contributed by atoms with van der Waals surface area (Å²) in [5, 5.41) is 15.6. The van der Waals surface area contributed by atoms with Crippen LogP contribution in [0.4, 0.5) is 5.13 Å². The molecule has 0 unspecified atom stereocenters. The van der Waals surface area contributed by atoms with Crippen LogP contribution in [0.3, 0.4) is 0 Å². The SMILES string of the molecule is COc1cccc(-c2cn(CC(=O)Nc3nc(-c4ccc5oc6ccccc6c5c4)cs3)nn2)c1. The average Bonchev–Trinajstić information content (AvgIpc) is 3.62. The standard InChI is InChI=1S/C26H19N5O3S/c1-33-18-6-4-5-16(11-18)21-13-31(30-29-21)14-25(32)28-26-27-22(15-35-26)17-9-10-24-20(12-17)19-7-2-3-8-23(19)34-24/h2-13,15H,14H2,1H3,(H,27,28,32). The van der Waals surface area contributed by atoms with Crippen LogP contribution in [0.25, 0.3) is 44.5 Å². The molecule has 3 heterocycles. The molecule has 172 valence electrons. The number of fused-ring (bicyclic) bond motifs is 3. The van der Waals surface area contributed by atoms with Gasteiger partial charge in [0, 0.05) is 27.3 Å². The molecule has 0 saturated carbocycles. The number of anilines is 1. The van der Waals surface area contributed by atoms with Gasteiger partial charge in [0.15, 0.2) is 5.13 Å². The number of ether oxygens (including phenoxy) is 1. The van der Waals surface area contributed by atoms with Gasteiger partial charge < -0.3 is 14.5 Å². The number of amides is 1. The predicted octanol–water partition coefficient (Wildman–Crippen LogP) is 5.62. The largest absolute Gasteiger partial charge is 0.497 e. The molecule has 35 heavy (non-hydrogen) atoms. The van der Waals surface area contributed by atoms with E-state index in [1.165, 1.54) is 16.0 Å². The molecule has 0 aliphatic heterocycles. The zero-order valence-corrected chi connectivity index (χ0v) is 19.5. The maximum absolute atomic E-state index is 12.6. The highest BCUT2D eigenvalue weighted by Gasteiger charge is 2.13. The van der Waals surface area contributed by atoms with Crippen LogP contribution in [0.5, 0.6) is 5.75 Å². The quantitative estimate of drug-likeness (QED) is 0.332. The fourth-order valence-electron chi connectivity index (χ4n) is 3.95. The fraction of sp³-hybridized carbons (Fsp3) is 0.0769. The molecule has 0 spiro atoms. The first-order valence-corrected chi connectivity index (χ1v) is 11.8. The van der Waals surface area contributed by atoms with Gasteiger partial charge in [-0.1, -0.05) is 35.5 Å². The Labute approximate surface area is 203 Å². The summed E-state index contributed by atoms with van der Waals surface area (Å²) < 4.78 is 12.7. The number of rotatable bonds is 6. The van der Waals surface area contributed by atoms with Crippen molar-refractivity contribution in [1.82, 2.24) is 20.0 Å². The van der Waals surface area contributed by atoms with Gasteiger partial charge >= 0.3 is 0 Å². The van der Waals surface area contributed by atoms with Gasteiger partial charge in [-0.3, -0.25) is 4.79 Å². The lowest BCUT2D eigenvalue weighted by molar-refractivity contribution is -0.116. The van der Waals surface area contributed by atoms with Gasteiger partial charge in [-0.25, -0.2) is 9.67 Å². The predicted molar refractivity (Wildman–Crippen MR) is 135 cm³/mol. The average molecular weight is 482 g/mol. The van der Waals surface area contributed by atoms with Crippen LogP contribution in [-0.4, -0.2) is 33.0 Å². The molecule has 1 amide bonds. The zero-order valence-electron chi connectivity index (χ0n) is 18.6. The molecule has 0 atom stereocenters. The first kappa shape index (κ1) is 21.1. The Morgan fingerprint density at radius 1 is 1.00 bits per heavy atom. The van der Waals surface area contributed by atoms with E-state index >= 15 is 0 Å². The molecular formula is C26H19N5O3S. The first-order chi connectivity index (χ1) is 17.2. The molecular weight excluding hydrogens is 462 g/mol. The molecule has 0 bridgehead atoms. The second-order valence-corrected chi connectivity index (χ2v) is 8.79. The number of nitrogens with zero attached hydrogens (tertiary/aromatic N) is 4. The van der Waals surface area contributed by atoms with Crippen molar-refractivity contribution in [3.63, 3.8) is 0 Å². The van der Waals surface area contributed by atoms with Crippen LogP contribution in [0, 0.1) is 0 Å². The topological polar surface area (TPSA) is 95.1 Å². The number of hydrogen-bond donors (Lipinski definition) is 1. The summed E-state index contributed by atoms with van der Waals surface area (Å²) in [4.78, 5) is 17.2. The number of aromatic nitrogens is 4. The Hall–Kier alpha value is -4.50. The third-order valence-electron chi connectivity index (χ3n) is 5.63. The number of carbonyl (C=O) groups excluding carboxylic acids is 1. The normalized spacial score (nSPS) is 11.2. The Balaban J connectivity index is 1.16. The van der Waals surface area contributed by atoms with E-state index in [1.807, 2.05) is 66.0 Å². The maximum Gasteiger partial charge on any atom is 0.247 e. The van der Waals surface area contributed by atoms with E-state index in [9.17, 15) is 4.79 Å². The summed E-state index contributed by atoms with van der Waals surface area (Å²) in [6.07, 6.45) is 1.73. The van der Waals surface area contributed by atoms with E-state index in [0.717, 1.165) is 44.5 Å². The van der Waals surface area contributed by atoms with Gasteiger partial charge in [-0.2, -0.15) is 0 Å². The van der Waals surface area contributed by atoms with Crippen LogP contribution in [0.15, 0.2) is 82.7 Å². The highest BCUT2D eigenvalue weighted by atomic mass is 32.1. The summed E-state index contributed by atoms with van der Waals surface area (Å²) in [6.45, 7) is 0.0266. The van der Waals surface area contributed by atoms with Crippen molar-refractivity contribution in [2.24, 2.45) is 0 Å². The summed E-state index contributed by atoms with van der Waals surface area (Å²) in [7, 11) is 1.61. The number of methoxy groups -OCH3 is 1. The van der Waals surface area contributed by atoms with Gasteiger partial charge in [0.1, 0.15) is 29.2 Å². The van der Waals surface area contributed by atoms with E-state index in [-0.39, 0.29) is 12.5 Å². The minimum atomic E-state index is -0.232. The van der Waals surface area contributed by atoms with Crippen LogP contribution in [0.2, 0.25) is 0 Å². The third kappa shape index (κ3) is 4.13. The molecule has 8 nitrogen and oxygen atoms in total. The second kappa shape index (κ2) is 8.69. The van der Waals surface area contributed by atoms with Crippen molar-refractivity contribution in [3.05, 3.63) is 78.3 Å². The summed E-state index contributed by atoms with van der Waals surface area (Å²) in [5.41, 5.74) is 4.96. The second-order valence-electron chi connectivity index (χ2n) is 7.93. The zero-order chi connectivity index (χ0) is 23.8. The van der Waals surface area contributed by atoms with E-state index in [1.54, 1.807) is 13.3 Å². The van der Waals surface area contributed by atoms with Crippen LogP contribution in [0.1, 0.15) is 0 Å². The minimum Gasteiger partial charge on any atom is -0.497 e. The summed E-state index contributed by atoms with van der Waals surface area (Å²) in [6, 6.07) is 21.5. The number of carbonyl (C=O) groups is 1. The van der Waals surface area contributed by atoms with Crippen molar-refractivity contribution in [3.8, 4) is 28.3 Å². The number of furan rings is 1. The molecule has 6 rings (SSSR count). The molecule has 0 aliphatic carbocycles. The molecule has 9 heteroatoms. The van der Waals surface area contributed by atoms with Gasteiger partial charge in [-0.05, 0) is 36.4 Å². The summed E-state index contributed by atoms with van der Waals surface area (Å²) >= 11 is 1.37. The van der Waals surface area contributed by atoms with Crippen molar-refractivity contribution in [2.75, 3.05) is 12.4 Å². The van der Waals surface area contributed by atoms with Crippen molar-refractivity contribution in [1.29, 1.82) is 0 Å². The molecule has 0 fully saturated rings. The minimum absolute atomic E-state index is 0.0266. The Morgan fingerprint density at radius 3 is 2.77 bits per heavy atom. The smallest absolute Gasteiger partial charge is 0.247 e. The lowest BCUT2D eigenvalue weighted by atomic mass is 10.1. The van der Waals surface area contributed by atoms with Crippen molar-refractivity contribution >= 4 is 44.3 Å². The fourth-order valence-corrected chi connectivity index (χ4v) is 4.68. The van der Waals surface area contributed by atoms with Gasteiger partial charge in [-0.15, -0.1) is 16.4 Å². The van der Waals surface area contributed by atoms with E-state index in [2.05, 4.69) is 26.7 Å². The Morgan fingerprint density at radius 2 is 1.86 bits per heavy atom. The lowest BCUT2D eigenvalue weighted by Gasteiger charge is -2.02. The molecule has 3 aromatic heterocycles. The third-order valence-corrected chi connectivity index (χ3v) is 6.39. The highest BCUT2D eigenvalue weighted by Crippen LogP contribution is 2.33. The molecule has 0 radical (unpaired) electrons. The molecule has 0 aliphatic rings. The van der Waals surface area contributed by atoms with Gasteiger partial charge in [0.25, 0.3) is 0 Å². The van der Waals surface area contributed by atoms with E-state index in [0.29, 0.717) is 10.8 Å². The van der Waals surface area contributed by atoms with Gasteiger partial charge in [0.2, 0.25) is 5.91 Å². The monoisotopic (exact) mass is 481 g/mol. The Bertz CT molecular complexity index is 1680. The number of para-hydroxylation sites is 1. The van der Waals surface area contributed by atoms with Crippen LogP contribution >= 0.6 is 11.3 Å². The number of hydrogen-bond acceptors (Lipinski definition) is 7. The lowest BCUT2D eigenvalue weighted by Crippen LogP contribution is -2.19. The molecule has 1 N–H and O–H groups in total. The molecule has 3 aromatic carbocycles. The number of benzene rings is 3. The van der Waals surface area contributed by atoms with Crippen LogP contribution < -0.4 is 10.1 Å². The van der Waals surface area contributed by atoms with E-state index < -0.39 is 0 Å². The molecule has 6 aromatic rings. The van der Waals surface area contributed by atoms with Crippen molar-refractivity contribution in [2.45, 2.75) is 6.54 Å². The first-order valence-electron chi connectivity index (χ1n) is 10.9. The molecule has 0 saturated heterocycles. The van der Waals surface area contributed by atoms with Gasteiger partial charge in [0.05, 0.1) is 19.0 Å². The Kier molecular flexibility index (Phi) is 5.23. The van der Waals surface area contributed by atoms with Crippen molar-refractivity contribution < 1.29 is 13.9 Å². The summed E-state index contributed by atoms with van der Waals surface area (Å²) in [5.74, 6) is 0.499. The van der Waals surface area contributed by atoms with Crippen LogP contribution in [-0.2, 0) is 11.3 Å². The van der Waals surface area contributed by atoms with E-state index in [4.69, 9.17) is 9.15 Å². The number of thiazole rings is 1. The maximum atomic E-state index is 12.6.